The molecule has 4 nitrogen and oxygen atoms in total. The van der Waals surface area contributed by atoms with Crippen molar-refractivity contribution in [2.75, 3.05) is 5.01 Å². The average molecular weight is 331 g/mol. The molecule has 0 unspecified atom stereocenters. The molecule has 1 aliphatic rings. The van der Waals surface area contributed by atoms with Gasteiger partial charge in [0.1, 0.15) is 5.82 Å². The van der Waals surface area contributed by atoms with Crippen LogP contribution in [0.3, 0.4) is 0 Å². The maximum absolute atomic E-state index is 12.8. The van der Waals surface area contributed by atoms with Crippen molar-refractivity contribution >= 4 is 44.5 Å². The first-order valence-electron chi connectivity index (χ1n) is 7.74. The highest BCUT2D eigenvalue weighted by Crippen LogP contribution is 2.35. The summed E-state index contributed by atoms with van der Waals surface area (Å²) in [5.74, 6) is 1.49. The maximum atomic E-state index is 12.8. The quantitative estimate of drug-likeness (QED) is 0.501. The Hall–Kier alpha value is -2.79. The van der Waals surface area contributed by atoms with Gasteiger partial charge in [-0.05, 0) is 23.6 Å². The number of carbonyl (C=O) groups excluding carboxylic acids is 1. The predicted molar refractivity (Wildman–Crippen MR) is 98.2 cm³/mol. The summed E-state index contributed by atoms with van der Waals surface area (Å²) in [6.45, 7) is 0. The molecule has 0 bridgehead atoms. The van der Waals surface area contributed by atoms with Gasteiger partial charge in [0.2, 0.25) is 0 Å². The fraction of sp³-hybridized carbons (Fsp3) is 0.0526. The van der Waals surface area contributed by atoms with Crippen molar-refractivity contribution in [2.24, 2.45) is 0 Å². The summed E-state index contributed by atoms with van der Waals surface area (Å²) in [5, 5.41) is 3.94. The lowest BCUT2D eigenvalue weighted by atomic mass is 10.1. The van der Waals surface area contributed by atoms with Crippen LogP contribution in [-0.2, 0) is 5.75 Å². The molecule has 4 aromatic rings. The van der Waals surface area contributed by atoms with Crippen LogP contribution in [0.2, 0.25) is 0 Å². The molecule has 0 N–H and O–H groups in total. The number of carbonyl (C=O) groups is 1. The summed E-state index contributed by atoms with van der Waals surface area (Å²) in [6, 6.07) is 22.1. The Morgan fingerprint density at radius 3 is 2.67 bits per heavy atom. The van der Waals surface area contributed by atoms with E-state index in [1.807, 2.05) is 53.2 Å². The number of fused-ring (bicyclic) bond motifs is 4. The first-order valence-corrected chi connectivity index (χ1v) is 8.73. The number of imidazole rings is 1. The molecule has 1 aliphatic heterocycles. The lowest BCUT2D eigenvalue weighted by Gasteiger charge is -2.29. The number of anilines is 1. The van der Waals surface area contributed by atoms with Crippen LogP contribution in [0.4, 0.5) is 10.5 Å². The molecule has 3 aromatic carbocycles. The Morgan fingerprint density at radius 1 is 0.917 bits per heavy atom. The van der Waals surface area contributed by atoms with Gasteiger partial charge in [0.15, 0.2) is 0 Å². The van der Waals surface area contributed by atoms with E-state index in [1.54, 1.807) is 5.01 Å². The van der Waals surface area contributed by atoms with Crippen LogP contribution in [0.15, 0.2) is 66.7 Å². The molecule has 0 saturated carbocycles. The molecule has 0 atom stereocenters. The maximum Gasteiger partial charge on any atom is 0.305 e. The van der Waals surface area contributed by atoms with Crippen LogP contribution in [0, 0.1) is 0 Å². The third kappa shape index (κ3) is 1.88. The van der Waals surface area contributed by atoms with Crippen molar-refractivity contribution in [3.63, 3.8) is 0 Å². The highest BCUT2D eigenvalue weighted by molar-refractivity contribution is 8.13. The molecule has 2 heterocycles. The average Bonchev–Trinajstić information content (AvgIpc) is 3.00. The van der Waals surface area contributed by atoms with Crippen molar-refractivity contribution in [3.8, 4) is 0 Å². The van der Waals surface area contributed by atoms with Gasteiger partial charge in [-0.2, -0.15) is 0 Å². The lowest BCUT2D eigenvalue weighted by molar-refractivity contribution is 0.263. The minimum Gasteiger partial charge on any atom is -0.259 e. The van der Waals surface area contributed by atoms with Crippen LogP contribution in [-0.4, -0.2) is 14.9 Å². The number of rotatable bonds is 1. The van der Waals surface area contributed by atoms with Crippen molar-refractivity contribution in [1.29, 1.82) is 0 Å². The molecule has 5 heteroatoms. The first-order chi connectivity index (χ1) is 11.8. The second-order valence-electron chi connectivity index (χ2n) is 5.69. The number of thioether (sulfide) groups is 1. The van der Waals surface area contributed by atoms with Crippen molar-refractivity contribution in [3.05, 3.63) is 72.6 Å². The van der Waals surface area contributed by atoms with Gasteiger partial charge < -0.3 is 0 Å². The zero-order chi connectivity index (χ0) is 16.1. The van der Waals surface area contributed by atoms with Gasteiger partial charge in [-0.25, -0.2) is 14.7 Å². The number of nitrogens with zero attached hydrogens (tertiary/aromatic N) is 3. The monoisotopic (exact) mass is 331 g/mol. The zero-order valence-electron chi connectivity index (χ0n) is 12.7. The molecule has 1 aromatic heterocycles. The summed E-state index contributed by atoms with van der Waals surface area (Å²) in [4.78, 5) is 17.5. The fourth-order valence-corrected chi connectivity index (χ4v) is 3.99. The van der Waals surface area contributed by atoms with Crippen LogP contribution >= 0.6 is 11.8 Å². The van der Waals surface area contributed by atoms with Crippen molar-refractivity contribution in [1.82, 2.24) is 9.66 Å². The van der Waals surface area contributed by atoms with Gasteiger partial charge in [0.25, 0.3) is 0 Å². The van der Waals surface area contributed by atoms with Gasteiger partial charge in [-0.3, -0.25) is 4.79 Å². The van der Waals surface area contributed by atoms with Crippen LogP contribution < -0.4 is 5.01 Å². The van der Waals surface area contributed by atoms with E-state index in [1.165, 1.54) is 11.8 Å². The molecule has 0 radical (unpaired) electrons. The molecule has 116 valence electrons. The summed E-state index contributed by atoms with van der Waals surface area (Å²) in [5.41, 5.74) is 2.75. The standard InChI is InChI=1S/C19H13N3OS/c23-19-22(16-11-5-7-13-6-1-2-8-14(13)16)21-17-10-4-3-9-15(17)20-18(21)12-24-19/h1-11H,12H2. The Morgan fingerprint density at radius 2 is 1.71 bits per heavy atom. The molecule has 5 rings (SSSR count). The van der Waals surface area contributed by atoms with E-state index in [0.29, 0.717) is 5.75 Å². The van der Waals surface area contributed by atoms with Gasteiger partial charge in [-0.1, -0.05) is 60.3 Å². The zero-order valence-corrected chi connectivity index (χ0v) is 13.5. The van der Waals surface area contributed by atoms with Crippen LogP contribution in [0.25, 0.3) is 21.8 Å². The van der Waals surface area contributed by atoms with E-state index < -0.39 is 0 Å². The number of aromatic nitrogens is 2. The summed E-state index contributed by atoms with van der Waals surface area (Å²) in [6.07, 6.45) is 0. The second kappa shape index (κ2) is 5.11. The molecule has 1 amide bonds. The van der Waals surface area contributed by atoms with E-state index in [2.05, 4.69) is 18.2 Å². The van der Waals surface area contributed by atoms with Crippen LogP contribution in [0.1, 0.15) is 5.82 Å². The van der Waals surface area contributed by atoms with E-state index in [-0.39, 0.29) is 5.24 Å². The third-order valence-electron chi connectivity index (χ3n) is 4.30. The lowest BCUT2D eigenvalue weighted by Crippen LogP contribution is -2.37. The highest BCUT2D eigenvalue weighted by atomic mass is 32.2. The molecule has 0 saturated heterocycles. The van der Waals surface area contributed by atoms with Gasteiger partial charge in [0, 0.05) is 5.39 Å². The fourth-order valence-electron chi connectivity index (χ4n) is 3.25. The molecule has 0 aliphatic carbocycles. The second-order valence-corrected chi connectivity index (χ2v) is 6.62. The highest BCUT2D eigenvalue weighted by Gasteiger charge is 2.29. The van der Waals surface area contributed by atoms with Crippen molar-refractivity contribution in [2.45, 2.75) is 5.75 Å². The van der Waals surface area contributed by atoms with Gasteiger partial charge in [0.05, 0.1) is 22.5 Å². The molecular formula is C19H13N3OS. The van der Waals surface area contributed by atoms with E-state index >= 15 is 0 Å². The molecule has 24 heavy (non-hydrogen) atoms. The smallest absolute Gasteiger partial charge is 0.259 e. The number of amides is 1. The Kier molecular flexibility index (Phi) is 2.90. The van der Waals surface area contributed by atoms with Crippen molar-refractivity contribution < 1.29 is 4.79 Å². The van der Waals surface area contributed by atoms with E-state index in [0.717, 1.165) is 33.3 Å². The summed E-state index contributed by atoms with van der Waals surface area (Å²) in [7, 11) is 0. The van der Waals surface area contributed by atoms with Gasteiger partial charge >= 0.3 is 5.24 Å². The topological polar surface area (TPSA) is 38.1 Å². The van der Waals surface area contributed by atoms with Crippen LogP contribution in [0.5, 0.6) is 0 Å². The predicted octanol–water partition coefficient (Wildman–Crippen LogP) is 4.83. The third-order valence-corrected chi connectivity index (χ3v) is 5.12. The summed E-state index contributed by atoms with van der Waals surface area (Å²) < 4.78 is 1.95. The summed E-state index contributed by atoms with van der Waals surface area (Å²) >= 11 is 1.29. The number of hydrogen-bond acceptors (Lipinski definition) is 3. The SMILES string of the molecule is O=C1SCc2nc3ccccc3n2N1c1cccc2ccccc12. The number of benzene rings is 3. The Balaban J connectivity index is 1.84. The Labute approximate surface area is 142 Å². The minimum atomic E-state index is 0.0157. The molecule has 0 spiro atoms. The molecular weight excluding hydrogens is 318 g/mol. The van der Waals surface area contributed by atoms with E-state index in [4.69, 9.17) is 4.98 Å². The Bertz CT molecular complexity index is 1100. The number of hydrogen-bond donors (Lipinski definition) is 0. The largest absolute Gasteiger partial charge is 0.305 e. The first kappa shape index (κ1) is 13.6. The van der Waals surface area contributed by atoms with Gasteiger partial charge in [-0.15, -0.1) is 0 Å². The number of para-hydroxylation sites is 2. The van der Waals surface area contributed by atoms with E-state index in [9.17, 15) is 4.79 Å². The minimum absolute atomic E-state index is 0.0157. The molecule has 0 fully saturated rings. The normalized spacial score (nSPS) is 14.3.